The van der Waals surface area contributed by atoms with Gasteiger partial charge < -0.3 is 10.2 Å². The standard InChI is InChI=1S/C21H24N4O2S2/c1-2-9-22-19(26)14-24-10-12-25(13-11-24)21(27)18-8-7-17(28-18)20-23-15-5-3-4-6-16(15)29-20/h3-8H,2,9-14H2,1H3,(H,22,26). The van der Waals surface area contributed by atoms with Gasteiger partial charge in [-0.3, -0.25) is 14.5 Å². The predicted octanol–water partition coefficient (Wildman–Crippen LogP) is 3.31. The number of carbonyl (C=O) groups excluding carboxylic acids is 2. The van der Waals surface area contributed by atoms with Crippen molar-refractivity contribution in [2.24, 2.45) is 0 Å². The number of thiophene rings is 1. The molecule has 0 saturated carbocycles. The van der Waals surface area contributed by atoms with Crippen LogP contribution in [0.1, 0.15) is 23.0 Å². The van der Waals surface area contributed by atoms with Gasteiger partial charge in [-0.2, -0.15) is 0 Å². The average molecular weight is 429 g/mol. The van der Waals surface area contributed by atoms with E-state index < -0.39 is 0 Å². The van der Waals surface area contributed by atoms with E-state index in [1.807, 2.05) is 42.2 Å². The highest BCUT2D eigenvalue weighted by Gasteiger charge is 2.24. The van der Waals surface area contributed by atoms with Crippen LogP contribution in [0.5, 0.6) is 0 Å². The van der Waals surface area contributed by atoms with Crippen LogP contribution in [-0.4, -0.2) is 65.9 Å². The quantitative estimate of drug-likeness (QED) is 0.654. The van der Waals surface area contributed by atoms with E-state index in [1.54, 1.807) is 11.3 Å². The number of thiazole rings is 1. The molecule has 29 heavy (non-hydrogen) atoms. The summed E-state index contributed by atoms with van der Waals surface area (Å²) >= 11 is 3.15. The molecule has 4 rings (SSSR count). The molecule has 1 aromatic carbocycles. The van der Waals surface area contributed by atoms with Crippen molar-refractivity contribution in [1.29, 1.82) is 0 Å². The van der Waals surface area contributed by atoms with Crippen LogP contribution in [0.15, 0.2) is 36.4 Å². The molecule has 2 amide bonds. The molecule has 1 aliphatic heterocycles. The normalized spacial score (nSPS) is 15.0. The second-order valence-electron chi connectivity index (χ2n) is 7.07. The summed E-state index contributed by atoms with van der Waals surface area (Å²) in [6.07, 6.45) is 0.938. The molecule has 6 nitrogen and oxygen atoms in total. The highest BCUT2D eigenvalue weighted by molar-refractivity contribution is 7.26. The van der Waals surface area contributed by atoms with Crippen LogP contribution in [0.2, 0.25) is 0 Å². The van der Waals surface area contributed by atoms with Crippen molar-refractivity contribution < 1.29 is 9.59 Å². The van der Waals surface area contributed by atoms with Crippen LogP contribution in [-0.2, 0) is 4.79 Å². The van der Waals surface area contributed by atoms with Crippen molar-refractivity contribution in [3.8, 4) is 9.88 Å². The molecule has 0 radical (unpaired) electrons. The minimum Gasteiger partial charge on any atom is -0.355 e. The molecular weight excluding hydrogens is 404 g/mol. The molecule has 3 heterocycles. The summed E-state index contributed by atoms with van der Waals surface area (Å²) in [5.41, 5.74) is 0.993. The fraction of sp³-hybridized carbons (Fsp3) is 0.381. The number of piperazine rings is 1. The number of hydrogen-bond acceptors (Lipinski definition) is 6. The molecule has 0 bridgehead atoms. The molecule has 1 N–H and O–H groups in total. The Balaban J connectivity index is 1.35. The molecule has 1 fully saturated rings. The van der Waals surface area contributed by atoms with Gasteiger partial charge in [0.2, 0.25) is 5.91 Å². The summed E-state index contributed by atoms with van der Waals surface area (Å²) in [6, 6.07) is 12.0. The first-order valence-corrected chi connectivity index (χ1v) is 11.5. The third-order valence-electron chi connectivity index (χ3n) is 4.92. The van der Waals surface area contributed by atoms with E-state index in [0.717, 1.165) is 44.5 Å². The van der Waals surface area contributed by atoms with Crippen molar-refractivity contribution >= 4 is 44.7 Å². The Kier molecular flexibility index (Phi) is 6.22. The van der Waals surface area contributed by atoms with Gasteiger partial charge in [-0.15, -0.1) is 22.7 Å². The molecule has 152 valence electrons. The molecule has 2 aromatic heterocycles. The fourth-order valence-corrected chi connectivity index (χ4v) is 5.33. The summed E-state index contributed by atoms with van der Waals surface area (Å²) in [6.45, 7) is 5.90. The monoisotopic (exact) mass is 428 g/mol. The predicted molar refractivity (Wildman–Crippen MR) is 119 cm³/mol. The van der Waals surface area contributed by atoms with Crippen molar-refractivity contribution in [3.63, 3.8) is 0 Å². The van der Waals surface area contributed by atoms with Crippen LogP contribution in [0.25, 0.3) is 20.1 Å². The van der Waals surface area contributed by atoms with Crippen molar-refractivity contribution in [3.05, 3.63) is 41.3 Å². The second kappa shape index (κ2) is 9.02. The zero-order valence-corrected chi connectivity index (χ0v) is 18.0. The van der Waals surface area contributed by atoms with E-state index in [4.69, 9.17) is 0 Å². The molecule has 8 heteroatoms. The van der Waals surface area contributed by atoms with Gasteiger partial charge in [-0.25, -0.2) is 4.98 Å². The maximum absolute atomic E-state index is 12.9. The Morgan fingerprint density at radius 3 is 2.62 bits per heavy atom. The fourth-order valence-electron chi connectivity index (χ4n) is 3.33. The lowest BCUT2D eigenvalue weighted by Gasteiger charge is -2.34. The van der Waals surface area contributed by atoms with Gasteiger partial charge in [0.05, 0.1) is 26.5 Å². The number of benzene rings is 1. The number of aromatic nitrogens is 1. The number of fused-ring (bicyclic) bond motifs is 1. The molecule has 0 aliphatic carbocycles. The highest BCUT2D eigenvalue weighted by Crippen LogP contribution is 2.34. The van der Waals surface area contributed by atoms with E-state index in [0.29, 0.717) is 26.2 Å². The zero-order chi connectivity index (χ0) is 20.2. The van der Waals surface area contributed by atoms with E-state index in [-0.39, 0.29) is 11.8 Å². The number of nitrogens with one attached hydrogen (secondary N) is 1. The largest absolute Gasteiger partial charge is 0.355 e. The Hall–Kier alpha value is -2.29. The number of nitrogens with zero attached hydrogens (tertiary/aromatic N) is 3. The first kappa shape index (κ1) is 20.0. The Bertz CT molecular complexity index is 972. The zero-order valence-electron chi connectivity index (χ0n) is 16.4. The summed E-state index contributed by atoms with van der Waals surface area (Å²) in [5.74, 6) is 0.128. The van der Waals surface area contributed by atoms with E-state index in [9.17, 15) is 9.59 Å². The van der Waals surface area contributed by atoms with Gasteiger partial charge in [0.1, 0.15) is 5.01 Å². The van der Waals surface area contributed by atoms with Gasteiger partial charge in [0.15, 0.2) is 0 Å². The Morgan fingerprint density at radius 1 is 1.07 bits per heavy atom. The summed E-state index contributed by atoms with van der Waals surface area (Å²) in [4.78, 5) is 35.2. The van der Waals surface area contributed by atoms with Crippen LogP contribution in [0.3, 0.4) is 0 Å². The smallest absolute Gasteiger partial charge is 0.264 e. The van der Waals surface area contributed by atoms with Crippen molar-refractivity contribution in [2.45, 2.75) is 13.3 Å². The second-order valence-corrected chi connectivity index (χ2v) is 9.18. The summed E-state index contributed by atoms with van der Waals surface area (Å²) < 4.78 is 1.16. The first-order valence-electron chi connectivity index (χ1n) is 9.88. The van der Waals surface area contributed by atoms with E-state index in [1.165, 1.54) is 11.3 Å². The molecule has 1 saturated heterocycles. The number of hydrogen-bond donors (Lipinski definition) is 1. The summed E-state index contributed by atoms with van der Waals surface area (Å²) in [7, 11) is 0. The van der Waals surface area contributed by atoms with Gasteiger partial charge in [0.25, 0.3) is 5.91 Å². The maximum Gasteiger partial charge on any atom is 0.264 e. The van der Waals surface area contributed by atoms with Crippen molar-refractivity contribution in [1.82, 2.24) is 20.1 Å². The third-order valence-corrected chi connectivity index (χ3v) is 7.20. The van der Waals surface area contributed by atoms with Gasteiger partial charge in [-0.1, -0.05) is 19.1 Å². The van der Waals surface area contributed by atoms with E-state index in [2.05, 4.69) is 21.3 Å². The molecule has 0 unspecified atom stereocenters. The summed E-state index contributed by atoms with van der Waals surface area (Å²) in [5, 5.41) is 3.86. The average Bonchev–Trinajstić information content (AvgIpc) is 3.39. The number of para-hydroxylation sites is 1. The molecule has 1 aliphatic rings. The number of rotatable bonds is 6. The van der Waals surface area contributed by atoms with Crippen LogP contribution in [0, 0.1) is 0 Å². The lowest BCUT2D eigenvalue weighted by Crippen LogP contribution is -2.51. The SMILES string of the molecule is CCCNC(=O)CN1CCN(C(=O)c2ccc(-c3nc4ccccc4s3)s2)CC1. The third kappa shape index (κ3) is 4.66. The van der Waals surface area contributed by atoms with Gasteiger partial charge >= 0.3 is 0 Å². The number of amides is 2. The molecular formula is C21H24N4O2S2. The highest BCUT2D eigenvalue weighted by atomic mass is 32.1. The lowest BCUT2D eigenvalue weighted by atomic mass is 10.3. The minimum absolute atomic E-state index is 0.0605. The number of carbonyl (C=O) groups is 2. The Morgan fingerprint density at radius 2 is 1.86 bits per heavy atom. The Labute approximate surface area is 178 Å². The van der Waals surface area contributed by atoms with Gasteiger partial charge in [-0.05, 0) is 30.7 Å². The first-order chi connectivity index (χ1) is 14.1. The van der Waals surface area contributed by atoms with E-state index >= 15 is 0 Å². The van der Waals surface area contributed by atoms with Gasteiger partial charge in [0, 0.05) is 32.7 Å². The molecule has 0 atom stereocenters. The molecule has 3 aromatic rings. The van der Waals surface area contributed by atoms with Crippen LogP contribution >= 0.6 is 22.7 Å². The molecule has 0 spiro atoms. The van der Waals surface area contributed by atoms with Crippen LogP contribution < -0.4 is 5.32 Å². The van der Waals surface area contributed by atoms with Crippen LogP contribution in [0.4, 0.5) is 0 Å². The lowest BCUT2D eigenvalue weighted by molar-refractivity contribution is -0.122. The topological polar surface area (TPSA) is 65.5 Å². The maximum atomic E-state index is 12.9. The van der Waals surface area contributed by atoms with Crippen molar-refractivity contribution in [2.75, 3.05) is 39.3 Å². The minimum atomic E-state index is 0.0605.